The average molecular weight is 292 g/mol. The van der Waals surface area contributed by atoms with Crippen molar-refractivity contribution in [3.63, 3.8) is 0 Å². The van der Waals surface area contributed by atoms with E-state index in [0.29, 0.717) is 25.5 Å². The van der Waals surface area contributed by atoms with E-state index in [9.17, 15) is 4.79 Å². The van der Waals surface area contributed by atoms with E-state index in [0.717, 1.165) is 30.5 Å². The topological polar surface area (TPSA) is 54.7 Å². The second-order valence-corrected chi connectivity index (χ2v) is 6.27. The van der Waals surface area contributed by atoms with Gasteiger partial charge in [-0.15, -0.1) is 0 Å². The van der Waals surface area contributed by atoms with Crippen molar-refractivity contribution in [3.05, 3.63) is 23.7 Å². The van der Waals surface area contributed by atoms with E-state index in [1.807, 2.05) is 13.1 Å². The van der Waals surface area contributed by atoms with Crippen molar-refractivity contribution < 1.29 is 13.9 Å². The molecule has 3 rings (SSSR count). The quantitative estimate of drug-likeness (QED) is 0.898. The van der Waals surface area contributed by atoms with E-state index >= 15 is 0 Å². The molecule has 1 aliphatic heterocycles. The summed E-state index contributed by atoms with van der Waals surface area (Å²) < 4.78 is 11.4. The summed E-state index contributed by atoms with van der Waals surface area (Å²) in [6.07, 6.45) is 1.64. The van der Waals surface area contributed by atoms with Crippen molar-refractivity contribution in [2.45, 2.75) is 38.3 Å². The molecule has 1 aromatic heterocycles. The number of hydrogen-bond donors (Lipinski definition) is 1. The van der Waals surface area contributed by atoms with Gasteiger partial charge in [0.25, 0.3) is 0 Å². The number of carbonyl (C=O) groups excluding carboxylic acids is 1. The molecule has 21 heavy (non-hydrogen) atoms. The third-order valence-corrected chi connectivity index (χ3v) is 4.38. The maximum Gasteiger partial charge on any atom is 0.225 e. The smallest absolute Gasteiger partial charge is 0.225 e. The first-order valence-corrected chi connectivity index (χ1v) is 7.78. The molecule has 1 saturated carbocycles. The molecule has 0 bridgehead atoms. The Morgan fingerprint density at radius 3 is 2.95 bits per heavy atom. The van der Waals surface area contributed by atoms with Gasteiger partial charge in [0, 0.05) is 26.1 Å². The Labute approximate surface area is 125 Å². The van der Waals surface area contributed by atoms with E-state index in [-0.39, 0.29) is 12.0 Å². The van der Waals surface area contributed by atoms with Crippen molar-refractivity contribution in [2.75, 3.05) is 26.7 Å². The first kappa shape index (κ1) is 14.6. The van der Waals surface area contributed by atoms with E-state index in [1.165, 1.54) is 6.42 Å². The molecule has 2 aliphatic rings. The van der Waals surface area contributed by atoms with Gasteiger partial charge in [0.05, 0.1) is 25.7 Å². The monoisotopic (exact) mass is 292 g/mol. The molecule has 5 heteroatoms. The van der Waals surface area contributed by atoms with Crippen LogP contribution in [0.2, 0.25) is 0 Å². The summed E-state index contributed by atoms with van der Waals surface area (Å²) in [5.74, 6) is 3.35. The zero-order valence-corrected chi connectivity index (χ0v) is 12.8. The highest BCUT2D eigenvalue weighted by molar-refractivity contribution is 5.76. The van der Waals surface area contributed by atoms with Crippen LogP contribution in [0, 0.1) is 5.92 Å². The summed E-state index contributed by atoms with van der Waals surface area (Å²) in [7, 11) is 1.82. The van der Waals surface area contributed by atoms with Crippen molar-refractivity contribution in [1.82, 2.24) is 10.2 Å². The highest BCUT2D eigenvalue weighted by atomic mass is 16.5. The Morgan fingerprint density at radius 1 is 1.48 bits per heavy atom. The highest BCUT2D eigenvalue weighted by Crippen LogP contribution is 2.47. The van der Waals surface area contributed by atoms with Gasteiger partial charge in [0.1, 0.15) is 11.5 Å². The Hall–Kier alpha value is -1.33. The van der Waals surface area contributed by atoms with Crippen molar-refractivity contribution in [3.8, 4) is 0 Å². The van der Waals surface area contributed by atoms with Crippen LogP contribution >= 0.6 is 0 Å². The molecule has 1 N–H and O–H groups in total. The maximum absolute atomic E-state index is 12.2. The molecule has 0 spiro atoms. The standard InChI is InChI=1S/C16H24N2O3/c1-11-7-14(11)15-4-3-12(21-15)10-18(2)16(19)8-13-9-17-5-6-20-13/h3-4,11,13-14,17H,5-10H2,1-2H3. The lowest BCUT2D eigenvalue weighted by Gasteiger charge is -2.25. The van der Waals surface area contributed by atoms with Crippen molar-refractivity contribution in [1.29, 1.82) is 0 Å². The van der Waals surface area contributed by atoms with E-state index in [2.05, 4.69) is 18.3 Å². The number of amides is 1. The van der Waals surface area contributed by atoms with Crippen LogP contribution in [0.5, 0.6) is 0 Å². The van der Waals surface area contributed by atoms with Gasteiger partial charge >= 0.3 is 0 Å². The van der Waals surface area contributed by atoms with Gasteiger partial charge in [-0.2, -0.15) is 0 Å². The van der Waals surface area contributed by atoms with Crippen LogP contribution in [0.25, 0.3) is 0 Å². The van der Waals surface area contributed by atoms with Crippen LogP contribution in [0.4, 0.5) is 0 Å². The zero-order chi connectivity index (χ0) is 14.8. The lowest BCUT2D eigenvalue weighted by atomic mass is 10.2. The van der Waals surface area contributed by atoms with Gasteiger partial charge in [-0.1, -0.05) is 6.92 Å². The molecule has 2 fully saturated rings. The zero-order valence-electron chi connectivity index (χ0n) is 12.8. The number of ether oxygens (including phenoxy) is 1. The van der Waals surface area contributed by atoms with Crippen LogP contribution in [-0.2, 0) is 16.1 Å². The summed E-state index contributed by atoms with van der Waals surface area (Å²) >= 11 is 0. The van der Waals surface area contributed by atoms with Crippen LogP contribution in [-0.4, -0.2) is 43.7 Å². The van der Waals surface area contributed by atoms with E-state index in [1.54, 1.807) is 4.90 Å². The fourth-order valence-electron chi connectivity index (χ4n) is 2.82. The van der Waals surface area contributed by atoms with Gasteiger partial charge < -0.3 is 19.4 Å². The molecule has 1 amide bonds. The molecule has 3 unspecified atom stereocenters. The van der Waals surface area contributed by atoms with Crippen LogP contribution in [0.1, 0.15) is 37.2 Å². The van der Waals surface area contributed by atoms with Crippen LogP contribution < -0.4 is 5.32 Å². The molecule has 0 radical (unpaired) electrons. The molecule has 0 aromatic carbocycles. The SMILES string of the molecule is CC1CC1c1ccc(CN(C)C(=O)CC2CNCCO2)o1. The minimum Gasteiger partial charge on any atom is -0.464 e. The minimum absolute atomic E-state index is 0.00632. The molecule has 1 saturated heterocycles. The fraction of sp³-hybridized carbons (Fsp3) is 0.688. The molecule has 2 heterocycles. The first-order chi connectivity index (χ1) is 10.1. The van der Waals surface area contributed by atoms with Gasteiger partial charge in [-0.25, -0.2) is 0 Å². The molecule has 5 nitrogen and oxygen atoms in total. The summed E-state index contributed by atoms with van der Waals surface area (Å²) in [6.45, 7) is 5.07. The van der Waals surface area contributed by atoms with Crippen molar-refractivity contribution in [2.24, 2.45) is 5.92 Å². The van der Waals surface area contributed by atoms with Gasteiger partial charge in [-0.3, -0.25) is 4.79 Å². The third-order valence-electron chi connectivity index (χ3n) is 4.38. The number of carbonyl (C=O) groups is 1. The number of nitrogens with zero attached hydrogens (tertiary/aromatic N) is 1. The fourth-order valence-corrected chi connectivity index (χ4v) is 2.82. The predicted octanol–water partition coefficient (Wildman–Crippen LogP) is 1.74. The molecule has 3 atom stereocenters. The number of morpholine rings is 1. The molecule has 1 aromatic rings. The second kappa shape index (κ2) is 6.20. The summed E-state index contributed by atoms with van der Waals surface area (Å²) in [4.78, 5) is 13.9. The van der Waals surface area contributed by atoms with Crippen LogP contribution in [0.3, 0.4) is 0 Å². The molecule has 1 aliphatic carbocycles. The summed E-state index contributed by atoms with van der Waals surface area (Å²) in [5, 5.41) is 3.24. The predicted molar refractivity (Wildman–Crippen MR) is 78.9 cm³/mol. The Kier molecular flexibility index (Phi) is 4.31. The highest BCUT2D eigenvalue weighted by Gasteiger charge is 2.36. The minimum atomic E-state index is -0.00632. The summed E-state index contributed by atoms with van der Waals surface area (Å²) in [5.41, 5.74) is 0. The first-order valence-electron chi connectivity index (χ1n) is 7.78. The third kappa shape index (κ3) is 3.66. The molecular weight excluding hydrogens is 268 g/mol. The largest absolute Gasteiger partial charge is 0.464 e. The van der Waals surface area contributed by atoms with Gasteiger partial charge in [0.2, 0.25) is 5.91 Å². The Balaban J connectivity index is 1.49. The average Bonchev–Trinajstić information content (AvgIpc) is 3.03. The van der Waals surface area contributed by atoms with Crippen molar-refractivity contribution >= 4 is 5.91 Å². The molecular formula is C16H24N2O3. The lowest BCUT2D eigenvalue weighted by Crippen LogP contribution is -2.41. The Bertz CT molecular complexity index is 493. The van der Waals surface area contributed by atoms with Gasteiger partial charge in [0.15, 0.2) is 0 Å². The summed E-state index contributed by atoms with van der Waals surface area (Å²) in [6, 6.07) is 4.04. The second-order valence-electron chi connectivity index (χ2n) is 6.27. The number of hydrogen-bond acceptors (Lipinski definition) is 4. The van der Waals surface area contributed by atoms with E-state index < -0.39 is 0 Å². The van der Waals surface area contributed by atoms with Gasteiger partial charge in [-0.05, 0) is 24.5 Å². The lowest BCUT2D eigenvalue weighted by molar-refractivity contribution is -0.134. The number of nitrogens with one attached hydrogen (secondary N) is 1. The number of furan rings is 1. The normalized spacial score (nSPS) is 28.4. The molecule has 116 valence electrons. The maximum atomic E-state index is 12.2. The number of rotatable bonds is 5. The Morgan fingerprint density at radius 2 is 2.29 bits per heavy atom. The van der Waals surface area contributed by atoms with Crippen LogP contribution in [0.15, 0.2) is 16.5 Å². The van der Waals surface area contributed by atoms with E-state index in [4.69, 9.17) is 9.15 Å².